The van der Waals surface area contributed by atoms with E-state index in [1.807, 2.05) is 0 Å². The summed E-state index contributed by atoms with van der Waals surface area (Å²) in [5.74, 6) is -1.00. The van der Waals surface area contributed by atoms with Gasteiger partial charge in [0.05, 0.1) is 11.3 Å². The molecule has 0 aliphatic rings. The monoisotopic (exact) mass is 296 g/mol. The molecule has 0 aromatic heterocycles. The van der Waals surface area contributed by atoms with Crippen LogP contribution in [0.3, 0.4) is 0 Å². The van der Waals surface area contributed by atoms with Crippen LogP contribution in [0.2, 0.25) is 0 Å². The van der Waals surface area contributed by atoms with Crippen LogP contribution in [0.1, 0.15) is 6.42 Å². The Hall–Kier alpha value is -1.77. The lowest BCUT2D eigenvalue weighted by Gasteiger charge is -2.12. The first-order valence-corrected chi connectivity index (χ1v) is 6.61. The van der Waals surface area contributed by atoms with E-state index in [4.69, 9.17) is 9.89 Å². The van der Waals surface area contributed by atoms with Gasteiger partial charge in [-0.3, -0.25) is 4.79 Å². The van der Waals surface area contributed by atoms with E-state index in [1.54, 1.807) is 0 Å². The van der Waals surface area contributed by atoms with Crippen molar-refractivity contribution < 1.29 is 27.3 Å². The molecule has 0 radical (unpaired) electrons. The Balaban J connectivity index is 2.80. The predicted molar refractivity (Wildman–Crippen MR) is 62.4 cm³/mol. The molecule has 0 fully saturated rings. The molecule has 0 saturated carbocycles. The van der Waals surface area contributed by atoms with E-state index in [9.17, 15) is 22.2 Å². The second-order valence-corrected chi connectivity index (χ2v) is 5.64. The van der Waals surface area contributed by atoms with Gasteiger partial charge in [-0.1, -0.05) is 0 Å². The molecule has 0 saturated heterocycles. The molecule has 1 unspecified atom stereocenters. The Bertz CT molecular complexity index is 552. The fourth-order valence-electron chi connectivity index (χ4n) is 1.21. The Morgan fingerprint density at radius 3 is 2.26 bits per heavy atom. The largest absolute Gasteiger partial charge is 0.483 e. The lowest BCUT2D eigenvalue weighted by Crippen LogP contribution is -2.21. The van der Waals surface area contributed by atoms with Crippen molar-refractivity contribution in [2.45, 2.75) is 16.8 Å². The minimum Gasteiger partial charge on any atom is -0.481 e. The molecule has 19 heavy (non-hydrogen) atoms. The lowest BCUT2D eigenvalue weighted by atomic mass is 10.3. The van der Waals surface area contributed by atoms with Crippen LogP contribution in [0.5, 0.6) is 0 Å². The molecule has 3 N–H and O–H groups in total. The molecule has 0 amide bonds. The molecule has 0 heterocycles. The Kier molecular flexibility index (Phi) is 4.40. The zero-order valence-electron chi connectivity index (χ0n) is 9.53. The average Bonchev–Trinajstić information content (AvgIpc) is 2.27. The van der Waals surface area contributed by atoms with Crippen LogP contribution in [0.15, 0.2) is 29.2 Å². The first-order valence-electron chi connectivity index (χ1n) is 5.05. The maximum Gasteiger partial charge on any atom is 0.483 e. The summed E-state index contributed by atoms with van der Waals surface area (Å²) in [4.78, 5) is 9.62. The summed E-state index contributed by atoms with van der Waals surface area (Å²) in [6.07, 6.45) is -0.139. The molecule has 106 valence electrons. The highest BCUT2D eigenvalue weighted by molar-refractivity contribution is 7.93. The average molecular weight is 296 g/mol. The highest BCUT2D eigenvalue weighted by Gasteiger charge is 2.43. The van der Waals surface area contributed by atoms with Crippen molar-refractivity contribution in [3.63, 3.8) is 0 Å². The second-order valence-electron chi connectivity index (χ2n) is 3.60. The number of alkyl halides is 3. The smallest absolute Gasteiger partial charge is 0.481 e. The van der Waals surface area contributed by atoms with Gasteiger partial charge in [0.1, 0.15) is 0 Å². The summed E-state index contributed by atoms with van der Waals surface area (Å²) in [6.45, 7) is 0.115. The third-order valence-electron chi connectivity index (χ3n) is 2.18. The van der Waals surface area contributed by atoms with Crippen LogP contribution in [0.4, 0.5) is 18.9 Å². The number of aliphatic carboxylic acids is 1. The summed E-state index contributed by atoms with van der Waals surface area (Å²) in [7, 11) is -4.85. The zero-order chi connectivity index (χ0) is 14.7. The van der Waals surface area contributed by atoms with E-state index < -0.39 is 26.1 Å². The summed E-state index contributed by atoms with van der Waals surface area (Å²) in [5.41, 5.74) is -4.73. The molecule has 0 aliphatic carbocycles. The normalized spacial score (nSPS) is 14.7. The van der Waals surface area contributed by atoms with Gasteiger partial charge < -0.3 is 10.4 Å². The number of nitrogens with one attached hydrogen (secondary N) is 2. The predicted octanol–water partition coefficient (Wildman–Crippen LogP) is 2.50. The molecule has 1 aromatic carbocycles. The summed E-state index contributed by atoms with van der Waals surface area (Å²) < 4.78 is 55.3. The second kappa shape index (κ2) is 5.47. The van der Waals surface area contributed by atoms with Gasteiger partial charge in [0.15, 0.2) is 9.73 Å². The molecular weight excluding hydrogens is 285 g/mol. The number of carboxylic acid groups (broad SMARTS) is 1. The van der Waals surface area contributed by atoms with Gasteiger partial charge in [-0.05, 0) is 24.3 Å². The van der Waals surface area contributed by atoms with Crippen molar-refractivity contribution in [2.75, 3.05) is 11.9 Å². The van der Waals surface area contributed by atoms with Crippen LogP contribution in [-0.2, 0) is 14.5 Å². The third-order valence-corrected chi connectivity index (χ3v) is 3.77. The van der Waals surface area contributed by atoms with Gasteiger partial charge in [-0.2, -0.15) is 13.2 Å². The number of carboxylic acids is 1. The summed E-state index contributed by atoms with van der Waals surface area (Å²) in [6, 6.07) is 4.31. The van der Waals surface area contributed by atoms with Gasteiger partial charge in [-0.15, -0.1) is 0 Å². The highest BCUT2D eigenvalue weighted by Crippen LogP contribution is 2.31. The van der Waals surface area contributed by atoms with Gasteiger partial charge >= 0.3 is 11.5 Å². The van der Waals surface area contributed by atoms with Crippen molar-refractivity contribution in [3.05, 3.63) is 24.3 Å². The standard InChI is InChI=1S/C10H11F3N2O3S/c11-10(12,13)19(14,18)8-3-1-7(2-4-8)15-6-5-9(16)17/h1-4,14-15H,5-6H2,(H,16,17). The van der Waals surface area contributed by atoms with E-state index in [-0.39, 0.29) is 13.0 Å². The molecule has 5 nitrogen and oxygen atoms in total. The Labute approximate surface area is 107 Å². The summed E-state index contributed by atoms with van der Waals surface area (Å²) in [5, 5.41) is 11.1. The minimum atomic E-state index is -5.12. The van der Waals surface area contributed by atoms with E-state index in [2.05, 4.69) is 5.32 Å². The van der Waals surface area contributed by atoms with Crippen LogP contribution >= 0.6 is 0 Å². The topological polar surface area (TPSA) is 90.3 Å². The van der Waals surface area contributed by atoms with Crippen LogP contribution in [0, 0.1) is 4.78 Å². The molecule has 1 atom stereocenters. The van der Waals surface area contributed by atoms with Crippen LogP contribution in [-0.4, -0.2) is 27.3 Å². The summed E-state index contributed by atoms with van der Waals surface area (Å²) >= 11 is 0. The van der Waals surface area contributed by atoms with E-state index >= 15 is 0 Å². The van der Waals surface area contributed by atoms with E-state index in [1.165, 1.54) is 12.1 Å². The fourth-order valence-corrected chi connectivity index (χ4v) is 2.00. The maximum atomic E-state index is 12.4. The number of carbonyl (C=O) groups is 1. The van der Waals surface area contributed by atoms with Crippen molar-refractivity contribution in [3.8, 4) is 0 Å². The van der Waals surface area contributed by atoms with Gasteiger partial charge in [0.2, 0.25) is 0 Å². The molecule has 1 rings (SSSR count). The lowest BCUT2D eigenvalue weighted by molar-refractivity contribution is -0.136. The van der Waals surface area contributed by atoms with Crippen molar-refractivity contribution in [2.24, 2.45) is 0 Å². The molecule has 1 aromatic rings. The molecule has 0 bridgehead atoms. The number of rotatable bonds is 5. The maximum absolute atomic E-state index is 12.4. The third kappa shape index (κ3) is 3.85. The number of anilines is 1. The van der Waals surface area contributed by atoms with E-state index in [0.717, 1.165) is 12.1 Å². The first kappa shape index (κ1) is 15.3. The molecule has 0 spiro atoms. The van der Waals surface area contributed by atoms with Gasteiger partial charge in [-0.25, -0.2) is 8.99 Å². The quantitative estimate of drug-likeness (QED) is 0.778. The zero-order valence-corrected chi connectivity index (χ0v) is 10.3. The van der Waals surface area contributed by atoms with Crippen LogP contribution in [0.25, 0.3) is 0 Å². The SMILES string of the molecule is N=S(=O)(c1ccc(NCCC(=O)O)cc1)C(F)(F)F. The Morgan fingerprint density at radius 2 is 1.84 bits per heavy atom. The number of hydrogen-bond donors (Lipinski definition) is 3. The molecule has 9 heteroatoms. The van der Waals surface area contributed by atoms with Crippen molar-refractivity contribution >= 4 is 21.4 Å². The van der Waals surface area contributed by atoms with Crippen molar-refractivity contribution in [1.82, 2.24) is 0 Å². The number of hydrogen-bond acceptors (Lipinski definition) is 4. The molecule has 0 aliphatic heterocycles. The highest BCUT2D eigenvalue weighted by atomic mass is 32.2. The van der Waals surface area contributed by atoms with Crippen LogP contribution < -0.4 is 5.32 Å². The first-order chi connectivity index (χ1) is 8.64. The Morgan fingerprint density at radius 1 is 1.32 bits per heavy atom. The van der Waals surface area contributed by atoms with Crippen molar-refractivity contribution in [1.29, 1.82) is 4.78 Å². The fraction of sp³-hybridized carbons (Fsp3) is 0.300. The van der Waals surface area contributed by atoms with Gasteiger partial charge in [0, 0.05) is 12.2 Å². The molecular formula is C10H11F3N2O3S. The van der Waals surface area contributed by atoms with Gasteiger partial charge in [0.25, 0.3) is 0 Å². The number of halogens is 3. The van der Waals surface area contributed by atoms with E-state index in [0.29, 0.717) is 5.69 Å². The minimum absolute atomic E-state index is 0.115. The number of benzene rings is 1.